The molecule has 32 heavy (non-hydrogen) atoms. The minimum Gasteiger partial charge on any atom is -0.507 e. The Kier molecular flexibility index (Phi) is 7.05. The largest absolute Gasteiger partial charge is 0.507 e. The number of aliphatic hydroxyl groups is 1. The second kappa shape index (κ2) is 9.74. The van der Waals surface area contributed by atoms with Gasteiger partial charge in [0.25, 0.3) is 11.7 Å². The number of methoxy groups -OCH3 is 3. The summed E-state index contributed by atoms with van der Waals surface area (Å²) in [7, 11) is 8.30. The smallest absolute Gasteiger partial charge is 0.295 e. The van der Waals surface area contributed by atoms with Gasteiger partial charge in [-0.05, 0) is 43.9 Å². The summed E-state index contributed by atoms with van der Waals surface area (Å²) in [5.41, 5.74) is 0.966. The third-order valence-corrected chi connectivity index (χ3v) is 5.40. The molecule has 0 unspecified atom stereocenters. The summed E-state index contributed by atoms with van der Waals surface area (Å²) in [6.45, 7) is 0.870. The van der Waals surface area contributed by atoms with Crippen molar-refractivity contribution < 1.29 is 28.9 Å². The zero-order valence-electron chi connectivity index (χ0n) is 18.9. The molecule has 8 heteroatoms. The van der Waals surface area contributed by atoms with E-state index in [9.17, 15) is 14.7 Å². The molecule has 1 N–H and O–H groups in total. The lowest BCUT2D eigenvalue weighted by atomic mass is 9.94. The van der Waals surface area contributed by atoms with Gasteiger partial charge >= 0.3 is 0 Å². The first-order valence-corrected chi connectivity index (χ1v) is 10.1. The van der Waals surface area contributed by atoms with Crippen LogP contribution in [0, 0.1) is 0 Å². The Balaban J connectivity index is 2.20. The van der Waals surface area contributed by atoms with E-state index in [1.165, 1.54) is 19.1 Å². The van der Waals surface area contributed by atoms with Crippen LogP contribution in [-0.4, -0.2) is 75.1 Å². The van der Waals surface area contributed by atoms with Crippen molar-refractivity contribution in [2.75, 3.05) is 48.5 Å². The highest BCUT2D eigenvalue weighted by atomic mass is 16.5. The first kappa shape index (κ1) is 23.1. The van der Waals surface area contributed by atoms with Crippen LogP contribution in [0.3, 0.4) is 0 Å². The van der Waals surface area contributed by atoms with Gasteiger partial charge in [0, 0.05) is 19.2 Å². The molecule has 0 saturated carbocycles. The molecule has 2 aromatic rings. The number of aliphatic hydroxyl groups excluding tert-OH is 1. The lowest BCUT2D eigenvalue weighted by Gasteiger charge is -2.27. The fraction of sp³-hybridized carbons (Fsp3) is 0.333. The Morgan fingerprint density at radius 1 is 1.00 bits per heavy atom. The summed E-state index contributed by atoms with van der Waals surface area (Å²) in [6, 6.07) is 11.2. The number of amides is 1. The molecule has 1 saturated heterocycles. The number of hydrogen-bond acceptors (Lipinski definition) is 7. The minimum atomic E-state index is -0.767. The van der Waals surface area contributed by atoms with Crippen LogP contribution in [0.15, 0.2) is 48.0 Å². The highest BCUT2D eigenvalue weighted by Crippen LogP contribution is 2.42. The first-order chi connectivity index (χ1) is 15.3. The maximum atomic E-state index is 13.1. The summed E-state index contributed by atoms with van der Waals surface area (Å²) in [5.74, 6) is -0.258. The number of likely N-dealkylation sites (tertiary alicyclic amines) is 1. The Hall–Kier alpha value is -3.52. The Morgan fingerprint density at radius 3 is 2.31 bits per heavy atom. The molecule has 1 aliphatic rings. The van der Waals surface area contributed by atoms with Gasteiger partial charge in [-0.2, -0.15) is 0 Å². The van der Waals surface area contributed by atoms with Gasteiger partial charge in [-0.25, -0.2) is 0 Å². The maximum absolute atomic E-state index is 13.1. The zero-order chi connectivity index (χ0) is 23.4. The highest BCUT2D eigenvalue weighted by Gasteiger charge is 2.46. The number of nitrogens with zero attached hydrogens (tertiary/aromatic N) is 2. The molecular formula is C24H28N2O6. The van der Waals surface area contributed by atoms with Crippen LogP contribution in [-0.2, 0) is 9.59 Å². The number of carbonyl (C=O) groups excluding carboxylic acids is 2. The van der Waals surface area contributed by atoms with Crippen molar-refractivity contribution in [3.05, 3.63) is 59.2 Å². The number of carbonyl (C=O) groups is 2. The lowest BCUT2D eigenvalue weighted by Crippen LogP contribution is -2.35. The number of hydrogen-bond donors (Lipinski definition) is 1. The standard InChI is InChI=1S/C24H28N2O6/c1-25(2)11-12-26-21(15-7-6-8-16(13-15)30-3)20(23(28)24(26)29)22(27)18-10-9-17(31-4)14-19(18)32-5/h6-10,13-14,21,27H,11-12H2,1-5H3/b22-20+/t21-/m0/s1. The van der Waals surface area contributed by atoms with E-state index in [1.807, 2.05) is 19.0 Å². The zero-order valence-corrected chi connectivity index (χ0v) is 18.9. The van der Waals surface area contributed by atoms with E-state index in [0.29, 0.717) is 41.5 Å². The predicted molar refractivity (Wildman–Crippen MR) is 120 cm³/mol. The van der Waals surface area contributed by atoms with Crippen molar-refractivity contribution in [2.24, 2.45) is 0 Å². The number of benzene rings is 2. The van der Waals surface area contributed by atoms with E-state index in [-0.39, 0.29) is 11.3 Å². The van der Waals surface area contributed by atoms with Crippen LogP contribution in [0.1, 0.15) is 17.2 Å². The second-order valence-corrected chi connectivity index (χ2v) is 7.64. The van der Waals surface area contributed by atoms with Gasteiger partial charge in [-0.3, -0.25) is 9.59 Å². The number of likely N-dealkylation sites (N-methyl/N-ethyl adjacent to an activating group) is 1. The molecule has 0 bridgehead atoms. The van der Waals surface area contributed by atoms with Crippen molar-refractivity contribution in [1.29, 1.82) is 0 Å². The first-order valence-electron chi connectivity index (χ1n) is 10.1. The molecule has 8 nitrogen and oxygen atoms in total. The molecule has 0 spiro atoms. The average Bonchev–Trinajstić information content (AvgIpc) is 3.06. The number of Topliss-reactive ketones (excluding diaryl/α,β-unsaturated/α-hetero) is 1. The summed E-state index contributed by atoms with van der Waals surface area (Å²) >= 11 is 0. The van der Waals surface area contributed by atoms with Gasteiger partial charge in [0.15, 0.2) is 0 Å². The maximum Gasteiger partial charge on any atom is 0.295 e. The fourth-order valence-electron chi connectivity index (χ4n) is 3.72. The normalized spacial score (nSPS) is 17.7. The van der Waals surface area contributed by atoms with Crippen molar-refractivity contribution >= 4 is 17.4 Å². The Labute approximate surface area is 187 Å². The molecule has 1 aliphatic heterocycles. The lowest BCUT2D eigenvalue weighted by molar-refractivity contribution is -0.140. The molecule has 0 aromatic heterocycles. The van der Waals surface area contributed by atoms with Crippen LogP contribution < -0.4 is 14.2 Å². The van der Waals surface area contributed by atoms with Crippen molar-refractivity contribution in [1.82, 2.24) is 9.80 Å². The summed E-state index contributed by atoms with van der Waals surface area (Å²) in [6.07, 6.45) is 0. The third-order valence-electron chi connectivity index (χ3n) is 5.40. The van der Waals surface area contributed by atoms with E-state index >= 15 is 0 Å². The van der Waals surface area contributed by atoms with Crippen molar-refractivity contribution in [3.63, 3.8) is 0 Å². The third kappa shape index (κ3) is 4.40. The second-order valence-electron chi connectivity index (χ2n) is 7.64. The molecule has 1 atom stereocenters. The summed E-state index contributed by atoms with van der Waals surface area (Å²) in [5, 5.41) is 11.3. The molecule has 1 amide bonds. The highest BCUT2D eigenvalue weighted by molar-refractivity contribution is 6.46. The molecule has 0 radical (unpaired) electrons. The average molecular weight is 440 g/mol. The summed E-state index contributed by atoms with van der Waals surface area (Å²) < 4.78 is 16.0. The van der Waals surface area contributed by atoms with Gasteiger partial charge in [0.05, 0.1) is 38.5 Å². The van der Waals surface area contributed by atoms with Gasteiger partial charge in [-0.1, -0.05) is 12.1 Å². The van der Waals surface area contributed by atoms with E-state index in [2.05, 4.69) is 0 Å². The molecule has 1 fully saturated rings. The predicted octanol–water partition coefficient (Wildman–Crippen LogP) is 2.70. The SMILES string of the molecule is COc1cccc([C@H]2/C(=C(\O)c3ccc(OC)cc3OC)C(=O)C(=O)N2CCN(C)C)c1. The van der Waals surface area contributed by atoms with E-state index in [4.69, 9.17) is 14.2 Å². The van der Waals surface area contributed by atoms with E-state index in [1.54, 1.807) is 49.6 Å². The number of ether oxygens (including phenoxy) is 3. The van der Waals surface area contributed by atoms with Crippen LogP contribution in [0.4, 0.5) is 0 Å². The van der Waals surface area contributed by atoms with Crippen LogP contribution in [0.2, 0.25) is 0 Å². The molecule has 0 aliphatic carbocycles. The molecule has 2 aromatic carbocycles. The van der Waals surface area contributed by atoms with Gasteiger partial charge in [0.1, 0.15) is 23.0 Å². The van der Waals surface area contributed by atoms with Gasteiger partial charge in [-0.15, -0.1) is 0 Å². The Morgan fingerprint density at radius 2 is 1.69 bits per heavy atom. The quantitative estimate of drug-likeness (QED) is 0.384. The van der Waals surface area contributed by atoms with Crippen molar-refractivity contribution in [3.8, 4) is 17.2 Å². The van der Waals surface area contributed by atoms with E-state index < -0.39 is 17.7 Å². The molecule has 3 rings (SSSR count). The van der Waals surface area contributed by atoms with Gasteiger partial charge < -0.3 is 29.1 Å². The van der Waals surface area contributed by atoms with Crippen molar-refractivity contribution in [2.45, 2.75) is 6.04 Å². The number of rotatable bonds is 8. The van der Waals surface area contributed by atoms with Crippen LogP contribution in [0.25, 0.3) is 5.76 Å². The molecule has 1 heterocycles. The summed E-state index contributed by atoms with van der Waals surface area (Å²) in [4.78, 5) is 29.5. The van der Waals surface area contributed by atoms with Crippen LogP contribution in [0.5, 0.6) is 17.2 Å². The topological polar surface area (TPSA) is 88.5 Å². The number of ketones is 1. The van der Waals surface area contributed by atoms with E-state index in [0.717, 1.165) is 0 Å². The molecular weight excluding hydrogens is 412 g/mol. The fourth-order valence-corrected chi connectivity index (χ4v) is 3.72. The minimum absolute atomic E-state index is 0.00507. The van der Waals surface area contributed by atoms with Gasteiger partial charge in [0.2, 0.25) is 0 Å². The molecule has 170 valence electrons. The Bertz CT molecular complexity index is 1050. The monoisotopic (exact) mass is 440 g/mol. The van der Waals surface area contributed by atoms with Crippen LogP contribution >= 0.6 is 0 Å².